The highest BCUT2D eigenvalue weighted by Crippen LogP contribution is 2.33. The summed E-state index contributed by atoms with van der Waals surface area (Å²) in [5.41, 5.74) is -1.12. The van der Waals surface area contributed by atoms with Crippen molar-refractivity contribution in [3.63, 3.8) is 0 Å². The molecule has 0 unspecified atom stereocenters. The molecule has 0 aliphatic heterocycles. The third-order valence-corrected chi connectivity index (χ3v) is 3.23. The van der Waals surface area contributed by atoms with Gasteiger partial charge in [-0.1, -0.05) is 16.8 Å². The fourth-order valence-electron chi connectivity index (χ4n) is 1.93. The molecule has 0 spiro atoms. The van der Waals surface area contributed by atoms with Crippen molar-refractivity contribution >= 4 is 11.6 Å². The molecule has 3 rings (SSSR count). The summed E-state index contributed by atoms with van der Waals surface area (Å²) < 4.78 is 53.2. The Morgan fingerprint density at radius 3 is 2.52 bits per heavy atom. The van der Waals surface area contributed by atoms with Crippen LogP contribution < -0.4 is 0 Å². The number of halogens is 5. The SMILES string of the molecule is Fc1c(Cl)ccc(-n2cc(C(F)(F)F)nn2)c1-c1ccncn1. The van der Waals surface area contributed by atoms with E-state index in [0.29, 0.717) is 6.20 Å². The Labute approximate surface area is 131 Å². The van der Waals surface area contributed by atoms with Crippen molar-refractivity contribution in [2.24, 2.45) is 0 Å². The summed E-state index contributed by atoms with van der Waals surface area (Å²) in [6, 6.07) is 3.95. The van der Waals surface area contributed by atoms with E-state index in [1.54, 1.807) is 0 Å². The number of aromatic nitrogens is 5. The van der Waals surface area contributed by atoms with E-state index in [4.69, 9.17) is 11.6 Å². The van der Waals surface area contributed by atoms with E-state index in [1.807, 2.05) is 0 Å². The van der Waals surface area contributed by atoms with E-state index < -0.39 is 17.7 Å². The third kappa shape index (κ3) is 2.87. The predicted molar refractivity (Wildman–Crippen MR) is 72.4 cm³/mol. The van der Waals surface area contributed by atoms with Gasteiger partial charge < -0.3 is 0 Å². The topological polar surface area (TPSA) is 56.5 Å². The van der Waals surface area contributed by atoms with Crippen LogP contribution in [0.5, 0.6) is 0 Å². The molecular weight excluding hydrogens is 338 g/mol. The van der Waals surface area contributed by atoms with Crippen molar-refractivity contribution in [1.29, 1.82) is 0 Å². The van der Waals surface area contributed by atoms with Crippen LogP contribution in [-0.4, -0.2) is 25.0 Å². The van der Waals surface area contributed by atoms with Crippen molar-refractivity contribution in [3.05, 3.63) is 53.5 Å². The number of hydrogen-bond acceptors (Lipinski definition) is 4. The highest BCUT2D eigenvalue weighted by Gasteiger charge is 2.35. The maximum absolute atomic E-state index is 14.4. The molecule has 0 atom stereocenters. The van der Waals surface area contributed by atoms with Crippen LogP contribution in [0.4, 0.5) is 17.6 Å². The number of benzene rings is 1. The van der Waals surface area contributed by atoms with Gasteiger partial charge in [0.15, 0.2) is 11.5 Å². The molecule has 118 valence electrons. The van der Waals surface area contributed by atoms with Gasteiger partial charge in [-0.2, -0.15) is 13.2 Å². The summed E-state index contributed by atoms with van der Waals surface area (Å²) in [5, 5.41) is 6.26. The van der Waals surface area contributed by atoms with Crippen LogP contribution >= 0.6 is 11.6 Å². The molecule has 0 bridgehead atoms. The fourth-order valence-corrected chi connectivity index (χ4v) is 2.08. The Morgan fingerprint density at radius 2 is 1.91 bits per heavy atom. The Morgan fingerprint density at radius 1 is 1.13 bits per heavy atom. The van der Waals surface area contributed by atoms with Gasteiger partial charge in [0, 0.05) is 6.20 Å². The Bertz CT molecular complexity index is 847. The second-order valence-electron chi connectivity index (χ2n) is 4.40. The van der Waals surface area contributed by atoms with Crippen LogP contribution in [0, 0.1) is 5.82 Å². The molecule has 0 fully saturated rings. The average molecular weight is 344 g/mol. The summed E-state index contributed by atoms with van der Waals surface area (Å²) in [4.78, 5) is 7.61. The van der Waals surface area contributed by atoms with Crippen molar-refractivity contribution in [3.8, 4) is 16.9 Å². The lowest BCUT2D eigenvalue weighted by Gasteiger charge is -2.10. The Balaban J connectivity index is 2.21. The number of alkyl halides is 3. The lowest BCUT2D eigenvalue weighted by Crippen LogP contribution is -2.05. The molecule has 0 radical (unpaired) electrons. The quantitative estimate of drug-likeness (QED) is 0.668. The van der Waals surface area contributed by atoms with E-state index in [9.17, 15) is 17.6 Å². The molecule has 2 aromatic heterocycles. The van der Waals surface area contributed by atoms with E-state index in [0.717, 1.165) is 4.68 Å². The van der Waals surface area contributed by atoms with Crippen molar-refractivity contribution in [2.75, 3.05) is 0 Å². The van der Waals surface area contributed by atoms with Crippen molar-refractivity contribution in [1.82, 2.24) is 25.0 Å². The van der Waals surface area contributed by atoms with Crippen LogP contribution in [0.25, 0.3) is 16.9 Å². The van der Waals surface area contributed by atoms with Gasteiger partial charge in [0.25, 0.3) is 0 Å². The zero-order valence-corrected chi connectivity index (χ0v) is 11.8. The van der Waals surface area contributed by atoms with Gasteiger partial charge in [0.1, 0.15) is 6.33 Å². The summed E-state index contributed by atoms with van der Waals surface area (Å²) in [7, 11) is 0. The maximum Gasteiger partial charge on any atom is 0.436 e. The second kappa shape index (κ2) is 5.58. The van der Waals surface area contributed by atoms with E-state index in [2.05, 4.69) is 20.3 Å². The van der Waals surface area contributed by atoms with Crippen LogP contribution in [0.3, 0.4) is 0 Å². The van der Waals surface area contributed by atoms with Gasteiger partial charge in [-0.05, 0) is 18.2 Å². The van der Waals surface area contributed by atoms with E-state index in [1.165, 1.54) is 30.7 Å². The average Bonchev–Trinajstić information content (AvgIpc) is 3.00. The molecule has 0 amide bonds. The second-order valence-corrected chi connectivity index (χ2v) is 4.80. The molecule has 0 aliphatic rings. The maximum atomic E-state index is 14.4. The van der Waals surface area contributed by atoms with Crippen LogP contribution in [0.1, 0.15) is 5.69 Å². The van der Waals surface area contributed by atoms with Gasteiger partial charge in [-0.15, -0.1) is 5.10 Å². The molecule has 2 heterocycles. The lowest BCUT2D eigenvalue weighted by molar-refractivity contribution is -0.141. The third-order valence-electron chi connectivity index (χ3n) is 2.94. The molecule has 0 N–H and O–H groups in total. The zero-order valence-electron chi connectivity index (χ0n) is 11.1. The molecule has 0 saturated carbocycles. The highest BCUT2D eigenvalue weighted by molar-refractivity contribution is 6.31. The van der Waals surface area contributed by atoms with Crippen LogP contribution in [0.2, 0.25) is 5.02 Å². The molecule has 0 aliphatic carbocycles. The van der Waals surface area contributed by atoms with Crippen molar-refractivity contribution in [2.45, 2.75) is 6.18 Å². The van der Waals surface area contributed by atoms with E-state index in [-0.39, 0.29) is 22.0 Å². The largest absolute Gasteiger partial charge is 0.436 e. The molecule has 23 heavy (non-hydrogen) atoms. The first-order valence-electron chi connectivity index (χ1n) is 6.12. The van der Waals surface area contributed by atoms with Gasteiger partial charge in [-0.3, -0.25) is 0 Å². The summed E-state index contributed by atoms with van der Waals surface area (Å²) >= 11 is 5.76. The first-order valence-corrected chi connectivity index (χ1v) is 6.50. The van der Waals surface area contributed by atoms with Gasteiger partial charge in [-0.25, -0.2) is 19.0 Å². The predicted octanol–water partition coefficient (Wildman–Crippen LogP) is 3.54. The number of rotatable bonds is 2. The lowest BCUT2D eigenvalue weighted by atomic mass is 10.1. The van der Waals surface area contributed by atoms with Crippen molar-refractivity contribution < 1.29 is 17.6 Å². The molecular formula is C13H6ClF4N5. The summed E-state index contributed by atoms with van der Waals surface area (Å²) in [6.45, 7) is 0. The van der Waals surface area contributed by atoms with Crippen LogP contribution in [-0.2, 0) is 6.18 Å². The standard InChI is InChI=1S/C13H6ClF4N5/c14-7-1-2-9(23-5-10(21-22-23)13(16,17)18)11(12(7)15)8-3-4-19-6-20-8/h1-6H. The zero-order chi connectivity index (χ0) is 16.6. The van der Waals surface area contributed by atoms with Gasteiger partial charge in [0.2, 0.25) is 0 Å². The molecule has 1 aromatic carbocycles. The fraction of sp³-hybridized carbons (Fsp3) is 0.0769. The van der Waals surface area contributed by atoms with E-state index >= 15 is 0 Å². The molecule has 10 heteroatoms. The summed E-state index contributed by atoms with van der Waals surface area (Å²) in [5.74, 6) is -0.827. The number of nitrogens with zero attached hydrogens (tertiary/aromatic N) is 5. The first kappa shape index (κ1) is 15.3. The molecule has 5 nitrogen and oxygen atoms in total. The van der Waals surface area contributed by atoms with Crippen LogP contribution in [0.15, 0.2) is 36.9 Å². The molecule has 3 aromatic rings. The number of hydrogen-bond donors (Lipinski definition) is 0. The highest BCUT2D eigenvalue weighted by atomic mass is 35.5. The minimum Gasteiger partial charge on any atom is -0.245 e. The smallest absolute Gasteiger partial charge is 0.245 e. The minimum absolute atomic E-state index is 0.0219. The first-order chi connectivity index (χ1) is 10.9. The Kier molecular flexibility index (Phi) is 3.72. The molecule has 0 saturated heterocycles. The Hall–Kier alpha value is -2.55. The minimum atomic E-state index is -4.65. The summed E-state index contributed by atoms with van der Waals surface area (Å²) in [6.07, 6.45) is -1.44. The van der Waals surface area contributed by atoms with Gasteiger partial charge >= 0.3 is 6.18 Å². The van der Waals surface area contributed by atoms with Gasteiger partial charge in [0.05, 0.1) is 28.2 Å². The normalized spacial score (nSPS) is 11.7. The monoisotopic (exact) mass is 343 g/mol.